The molecule has 0 bridgehead atoms. The van der Waals surface area contributed by atoms with Crippen molar-refractivity contribution in [2.45, 2.75) is 38.1 Å². The maximum Gasteiger partial charge on any atom is 0.251 e. The van der Waals surface area contributed by atoms with E-state index in [0.29, 0.717) is 16.3 Å². The number of hydrogen-bond donors (Lipinski definition) is 3. The molecule has 3 rings (SSSR count). The lowest BCUT2D eigenvalue weighted by Gasteiger charge is -2.29. The number of carbonyl (C=O) groups excluding carboxylic acids is 3. The second-order valence-electron chi connectivity index (χ2n) is 7.62. The molecule has 0 unspecified atom stereocenters. The van der Waals surface area contributed by atoms with Crippen LogP contribution >= 0.6 is 11.6 Å². The number of nitrogens with two attached hydrogens (primary N) is 1. The molecule has 7 nitrogen and oxygen atoms in total. The molecule has 0 saturated carbocycles. The summed E-state index contributed by atoms with van der Waals surface area (Å²) in [5.74, 6) is -1.37. The van der Waals surface area contributed by atoms with Gasteiger partial charge in [-0.25, -0.2) is 0 Å². The number of carbonyl (C=O) groups is 3. The summed E-state index contributed by atoms with van der Waals surface area (Å²) in [5, 5.41) is 6.00. The third-order valence-corrected chi connectivity index (χ3v) is 5.52. The van der Waals surface area contributed by atoms with Gasteiger partial charge in [-0.3, -0.25) is 14.4 Å². The molecule has 31 heavy (non-hydrogen) atoms. The van der Waals surface area contributed by atoms with Crippen LogP contribution < -0.4 is 21.3 Å². The third kappa shape index (κ3) is 6.72. The molecule has 1 fully saturated rings. The van der Waals surface area contributed by atoms with Crippen molar-refractivity contribution >= 4 is 40.7 Å². The summed E-state index contributed by atoms with van der Waals surface area (Å²) in [6.07, 6.45) is 3.72. The van der Waals surface area contributed by atoms with E-state index in [4.69, 9.17) is 17.3 Å². The zero-order valence-corrected chi connectivity index (χ0v) is 18.0. The van der Waals surface area contributed by atoms with Crippen LogP contribution in [-0.4, -0.2) is 36.9 Å². The van der Waals surface area contributed by atoms with E-state index in [1.807, 2.05) is 24.3 Å². The lowest BCUT2D eigenvalue weighted by molar-refractivity contribution is -0.119. The highest BCUT2D eigenvalue weighted by molar-refractivity contribution is 6.30. The first-order chi connectivity index (χ1) is 14.9. The van der Waals surface area contributed by atoms with E-state index >= 15 is 0 Å². The predicted molar refractivity (Wildman–Crippen MR) is 122 cm³/mol. The number of amides is 3. The topological polar surface area (TPSA) is 105 Å². The molecule has 2 aromatic rings. The average molecular weight is 443 g/mol. The van der Waals surface area contributed by atoms with E-state index in [-0.39, 0.29) is 12.8 Å². The van der Waals surface area contributed by atoms with E-state index in [0.717, 1.165) is 18.8 Å². The molecule has 164 valence electrons. The van der Waals surface area contributed by atoms with Crippen molar-refractivity contribution in [3.05, 3.63) is 59.1 Å². The van der Waals surface area contributed by atoms with Gasteiger partial charge >= 0.3 is 0 Å². The lowest BCUT2D eigenvalue weighted by atomic mass is 10.1. The van der Waals surface area contributed by atoms with E-state index < -0.39 is 23.8 Å². The van der Waals surface area contributed by atoms with E-state index in [9.17, 15) is 14.4 Å². The number of benzene rings is 2. The molecule has 1 heterocycles. The third-order valence-electron chi connectivity index (χ3n) is 5.26. The number of rotatable bonds is 8. The first-order valence-corrected chi connectivity index (χ1v) is 10.8. The van der Waals surface area contributed by atoms with Gasteiger partial charge in [0.25, 0.3) is 5.91 Å². The van der Waals surface area contributed by atoms with Gasteiger partial charge in [0.15, 0.2) is 0 Å². The number of piperidine rings is 1. The molecule has 0 aromatic heterocycles. The maximum absolute atomic E-state index is 12.8. The van der Waals surface area contributed by atoms with Gasteiger partial charge in [0.05, 0.1) is 0 Å². The predicted octanol–water partition coefficient (Wildman–Crippen LogP) is 3.33. The molecule has 1 aliphatic heterocycles. The highest BCUT2D eigenvalue weighted by atomic mass is 35.5. The smallest absolute Gasteiger partial charge is 0.251 e. The summed E-state index contributed by atoms with van der Waals surface area (Å²) in [4.78, 5) is 38.9. The first-order valence-electron chi connectivity index (χ1n) is 10.4. The van der Waals surface area contributed by atoms with Gasteiger partial charge in [0.2, 0.25) is 11.8 Å². The van der Waals surface area contributed by atoms with Gasteiger partial charge in [-0.2, -0.15) is 0 Å². The number of anilines is 2. The van der Waals surface area contributed by atoms with Gasteiger partial charge in [-0.15, -0.1) is 0 Å². The number of hydrogen-bond acceptors (Lipinski definition) is 4. The number of nitrogens with one attached hydrogen (secondary N) is 2. The van der Waals surface area contributed by atoms with Gasteiger partial charge in [-0.1, -0.05) is 11.6 Å². The zero-order valence-electron chi connectivity index (χ0n) is 17.3. The van der Waals surface area contributed by atoms with E-state index in [1.165, 1.54) is 19.3 Å². The van der Waals surface area contributed by atoms with E-state index in [1.54, 1.807) is 24.3 Å². The molecule has 3 amide bonds. The minimum atomic E-state index is -0.905. The lowest BCUT2D eigenvalue weighted by Crippen LogP contribution is -2.44. The summed E-state index contributed by atoms with van der Waals surface area (Å²) in [5.41, 5.74) is 7.35. The van der Waals surface area contributed by atoms with Gasteiger partial charge in [0, 0.05) is 41.5 Å². The molecule has 0 radical (unpaired) electrons. The van der Waals surface area contributed by atoms with Crippen LogP contribution in [0.2, 0.25) is 5.02 Å². The van der Waals surface area contributed by atoms with Crippen LogP contribution in [0.4, 0.5) is 11.4 Å². The number of primary amides is 1. The van der Waals surface area contributed by atoms with E-state index in [2.05, 4.69) is 15.5 Å². The summed E-state index contributed by atoms with van der Waals surface area (Å²) in [6, 6.07) is 13.1. The van der Waals surface area contributed by atoms with Crippen molar-refractivity contribution in [3.63, 3.8) is 0 Å². The van der Waals surface area contributed by atoms with Gasteiger partial charge in [-0.05, 0) is 74.2 Å². The fraction of sp³-hybridized carbons (Fsp3) is 0.348. The zero-order chi connectivity index (χ0) is 22.2. The molecule has 0 spiro atoms. The standard InChI is InChI=1S/C23H27ClN4O3/c24-17-6-4-16(5-7-17)22(30)27-20(12-13-21(25)29)23(31)26-18-8-10-19(11-9-18)28-14-2-1-3-15-28/h4-11,20H,1-3,12-15H2,(H2,25,29)(H,26,31)(H,27,30)/t20-/m0/s1. The van der Waals surface area contributed by atoms with Crippen LogP contribution in [-0.2, 0) is 9.59 Å². The normalized spacial score (nSPS) is 14.5. The minimum absolute atomic E-state index is 0.0210. The van der Waals surface area contributed by atoms with Crippen LogP contribution in [0.25, 0.3) is 0 Å². The van der Waals surface area contributed by atoms with Crippen molar-refractivity contribution in [2.75, 3.05) is 23.3 Å². The first kappa shape index (κ1) is 22.6. The Kier molecular flexibility index (Phi) is 7.89. The Morgan fingerprint density at radius 2 is 1.61 bits per heavy atom. The highest BCUT2D eigenvalue weighted by Gasteiger charge is 2.22. The molecule has 4 N–H and O–H groups in total. The molecular formula is C23H27ClN4O3. The monoisotopic (exact) mass is 442 g/mol. The average Bonchev–Trinajstić information content (AvgIpc) is 2.78. The van der Waals surface area contributed by atoms with Crippen molar-refractivity contribution in [1.29, 1.82) is 0 Å². The molecular weight excluding hydrogens is 416 g/mol. The number of halogens is 1. The Labute approximate surface area is 186 Å². The largest absolute Gasteiger partial charge is 0.372 e. The van der Waals surface area contributed by atoms with Crippen molar-refractivity contribution < 1.29 is 14.4 Å². The van der Waals surface area contributed by atoms with Crippen molar-refractivity contribution in [1.82, 2.24) is 5.32 Å². The van der Waals surface area contributed by atoms with Crippen LogP contribution in [0.5, 0.6) is 0 Å². The van der Waals surface area contributed by atoms with Crippen LogP contribution in [0, 0.1) is 0 Å². The Bertz CT molecular complexity index is 909. The fourth-order valence-electron chi connectivity index (χ4n) is 3.54. The SMILES string of the molecule is NC(=O)CC[C@H](NC(=O)c1ccc(Cl)cc1)C(=O)Nc1ccc(N2CCCCC2)cc1. The molecule has 1 atom stereocenters. The van der Waals surface area contributed by atoms with Gasteiger partial charge < -0.3 is 21.3 Å². The quantitative estimate of drug-likeness (QED) is 0.583. The molecule has 2 aromatic carbocycles. The van der Waals surface area contributed by atoms with Crippen molar-refractivity contribution in [2.24, 2.45) is 5.73 Å². The fourth-order valence-corrected chi connectivity index (χ4v) is 3.66. The molecule has 0 aliphatic carbocycles. The summed E-state index contributed by atoms with van der Waals surface area (Å²) in [7, 11) is 0. The summed E-state index contributed by atoms with van der Waals surface area (Å²) < 4.78 is 0. The van der Waals surface area contributed by atoms with Crippen molar-refractivity contribution in [3.8, 4) is 0 Å². The van der Waals surface area contributed by atoms with Crippen LogP contribution in [0.15, 0.2) is 48.5 Å². The maximum atomic E-state index is 12.8. The Hall–Kier alpha value is -3.06. The van der Waals surface area contributed by atoms with Gasteiger partial charge in [0.1, 0.15) is 6.04 Å². The second-order valence-corrected chi connectivity index (χ2v) is 8.06. The minimum Gasteiger partial charge on any atom is -0.372 e. The second kappa shape index (κ2) is 10.8. The molecule has 1 aliphatic rings. The molecule has 8 heteroatoms. The Morgan fingerprint density at radius 3 is 2.23 bits per heavy atom. The summed E-state index contributed by atoms with van der Waals surface area (Å²) >= 11 is 5.86. The van der Waals surface area contributed by atoms with Crippen LogP contribution in [0.1, 0.15) is 42.5 Å². The number of nitrogens with zero attached hydrogens (tertiary/aromatic N) is 1. The molecule has 1 saturated heterocycles. The Morgan fingerprint density at radius 1 is 0.968 bits per heavy atom. The van der Waals surface area contributed by atoms with Crippen LogP contribution in [0.3, 0.4) is 0 Å². The highest BCUT2D eigenvalue weighted by Crippen LogP contribution is 2.22. The Balaban J connectivity index is 1.65. The summed E-state index contributed by atoms with van der Waals surface area (Å²) in [6.45, 7) is 2.08.